The fourth-order valence-corrected chi connectivity index (χ4v) is 3.24. The van der Waals surface area contributed by atoms with Gasteiger partial charge in [0.05, 0.1) is 13.8 Å². The summed E-state index contributed by atoms with van der Waals surface area (Å²) in [5, 5.41) is 0. The summed E-state index contributed by atoms with van der Waals surface area (Å²) >= 11 is 8.39. The number of rotatable bonds is 4. The molecule has 0 fully saturated rings. The Hall–Kier alpha value is -0.650. The molecule has 0 atom stereocenters. The Labute approximate surface area is 120 Å². The minimum Gasteiger partial charge on any atom is -0.486 e. The van der Waals surface area contributed by atoms with Crippen molar-refractivity contribution < 1.29 is 9.53 Å². The molecule has 0 saturated heterocycles. The van der Waals surface area contributed by atoms with Gasteiger partial charge in [0.2, 0.25) is 0 Å². The van der Waals surface area contributed by atoms with Gasteiger partial charge in [0.15, 0.2) is 6.29 Å². The van der Waals surface area contributed by atoms with E-state index in [1.807, 2.05) is 24.3 Å². The second-order valence-corrected chi connectivity index (χ2v) is 6.67. The summed E-state index contributed by atoms with van der Waals surface area (Å²) in [7, 11) is 0. The van der Waals surface area contributed by atoms with Crippen LogP contribution in [-0.4, -0.2) is 6.29 Å². The molecule has 2 nitrogen and oxygen atoms in total. The van der Waals surface area contributed by atoms with E-state index in [2.05, 4.69) is 31.9 Å². The molecule has 0 bridgehead atoms. The smallest absolute Gasteiger partial charge is 0.153 e. The number of hydrogen-bond donors (Lipinski definition) is 0. The molecule has 17 heavy (non-hydrogen) atoms. The van der Waals surface area contributed by atoms with Crippen molar-refractivity contribution in [2.75, 3.05) is 0 Å². The van der Waals surface area contributed by atoms with Gasteiger partial charge in [0, 0.05) is 4.88 Å². The molecule has 0 spiro atoms. The Bertz CT molecular complexity index is 537. The molecule has 1 aromatic carbocycles. The minimum absolute atomic E-state index is 0.458. The van der Waals surface area contributed by atoms with Crippen LogP contribution in [0.5, 0.6) is 5.75 Å². The molecule has 1 aromatic heterocycles. The standard InChI is InChI=1S/C12H8Br2O2S/c13-10-3-1-2-8(6-15)12(10)16-7-9-4-5-11(14)17-9/h1-6H,7H2. The first kappa shape index (κ1) is 12.8. The normalized spacial score (nSPS) is 10.2. The molecule has 2 aromatic rings. The Morgan fingerprint density at radius 2 is 2.06 bits per heavy atom. The first-order valence-corrected chi connectivity index (χ1v) is 7.21. The predicted molar refractivity (Wildman–Crippen MR) is 75.9 cm³/mol. The van der Waals surface area contributed by atoms with Gasteiger partial charge in [-0.2, -0.15) is 0 Å². The molecule has 0 aliphatic carbocycles. The molecule has 0 amide bonds. The van der Waals surface area contributed by atoms with Crippen LogP contribution in [0, 0.1) is 0 Å². The fraction of sp³-hybridized carbons (Fsp3) is 0.0833. The summed E-state index contributed by atoms with van der Waals surface area (Å²) in [6.45, 7) is 0.458. The molecule has 88 valence electrons. The second kappa shape index (κ2) is 5.80. The lowest BCUT2D eigenvalue weighted by Crippen LogP contribution is -1.97. The molecule has 5 heteroatoms. The average molecular weight is 376 g/mol. The number of hydrogen-bond acceptors (Lipinski definition) is 3. The number of para-hydroxylation sites is 1. The molecule has 0 unspecified atom stereocenters. The minimum atomic E-state index is 0.458. The van der Waals surface area contributed by atoms with Gasteiger partial charge < -0.3 is 4.74 Å². The number of carbonyl (C=O) groups excluding carboxylic acids is 1. The molecule has 0 saturated carbocycles. The molecular formula is C12H8Br2O2S. The highest BCUT2D eigenvalue weighted by molar-refractivity contribution is 9.11. The average Bonchev–Trinajstić information content (AvgIpc) is 2.73. The van der Waals surface area contributed by atoms with Crippen molar-refractivity contribution in [2.45, 2.75) is 6.61 Å². The lowest BCUT2D eigenvalue weighted by Gasteiger charge is -2.09. The maximum atomic E-state index is 10.9. The van der Waals surface area contributed by atoms with Gasteiger partial charge in [-0.3, -0.25) is 4.79 Å². The van der Waals surface area contributed by atoms with Crippen molar-refractivity contribution >= 4 is 49.5 Å². The third-order valence-corrected chi connectivity index (χ3v) is 4.33. The maximum absolute atomic E-state index is 10.9. The van der Waals surface area contributed by atoms with Gasteiger partial charge in [0.25, 0.3) is 0 Å². The Balaban J connectivity index is 2.16. The first-order chi connectivity index (χ1) is 8.20. The monoisotopic (exact) mass is 374 g/mol. The molecule has 0 aliphatic rings. The summed E-state index contributed by atoms with van der Waals surface area (Å²) in [5.41, 5.74) is 0.551. The Morgan fingerprint density at radius 3 is 2.71 bits per heavy atom. The molecule has 0 aliphatic heterocycles. The SMILES string of the molecule is O=Cc1cccc(Br)c1OCc1ccc(Br)s1. The zero-order valence-electron chi connectivity index (χ0n) is 8.65. The van der Waals surface area contributed by atoms with Gasteiger partial charge in [0.1, 0.15) is 12.4 Å². The van der Waals surface area contributed by atoms with E-state index in [0.717, 1.165) is 19.4 Å². The van der Waals surface area contributed by atoms with Crippen LogP contribution in [0.1, 0.15) is 15.2 Å². The molecule has 0 N–H and O–H groups in total. The number of benzene rings is 1. The highest BCUT2D eigenvalue weighted by atomic mass is 79.9. The van der Waals surface area contributed by atoms with E-state index in [1.165, 1.54) is 0 Å². The number of thiophene rings is 1. The van der Waals surface area contributed by atoms with Gasteiger partial charge in [-0.15, -0.1) is 11.3 Å². The van der Waals surface area contributed by atoms with Crippen LogP contribution in [0.2, 0.25) is 0 Å². The van der Waals surface area contributed by atoms with Gasteiger partial charge in [-0.05, 0) is 56.1 Å². The lowest BCUT2D eigenvalue weighted by molar-refractivity contribution is 0.111. The molecular weight excluding hydrogens is 368 g/mol. The highest BCUT2D eigenvalue weighted by Gasteiger charge is 2.08. The summed E-state index contributed by atoms with van der Waals surface area (Å²) < 4.78 is 7.53. The molecule has 0 radical (unpaired) electrons. The zero-order chi connectivity index (χ0) is 12.3. The van der Waals surface area contributed by atoms with Crippen LogP contribution in [0.15, 0.2) is 38.6 Å². The van der Waals surface area contributed by atoms with E-state index < -0.39 is 0 Å². The van der Waals surface area contributed by atoms with Crippen LogP contribution in [-0.2, 0) is 6.61 Å². The maximum Gasteiger partial charge on any atom is 0.153 e. The number of carbonyl (C=O) groups is 1. The quantitative estimate of drug-likeness (QED) is 0.726. The summed E-state index contributed by atoms with van der Waals surface area (Å²) in [6.07, 6.45) is 0.796. The van der Waals surface area contributed by atoms with Gasteiger partial charge in [-0.1, -0.05) is 6.07 Å². The van der Waals surface area contributed by atoms with Crippen LogP contribution in [0.25, 0.3) is 0 Å². The Morgan fingerprint density at radius 1 is 1.24 bits per heavy atom. The van der Waals surface area contributed by atoms with Crippen molar-refractivity contribution in [3.8, 4) is 5.75 Å². The number of halogens is 2. The number of aldehydes is 1. The van der Waals surface area contributed by atoms with Crippen molar-refractivity contribution in [2.24, 2.45) is 0 Å². The topological polar surface area (TPSA) is 26.3 Å². The Kier molecular flexibility index (Phi) is 4.36. The van der Waals surface area contributed by atoms with Crippen molar-refractivity contribution in [1.82, 2.24) is 0 Å². The summed E-state index contributed by atoms with van der Waals surface area (Å²) in [4.78, 5) is 12.0. The van der Waals surface area contributed by atoms with Gasteiger partial charge >= 0.3 is 0 Å². The van der Waals surface area contributed by atoms with E-state index in [-0.39, 0.29) is 0 Å². The van der Waals surface area contributed by atoms with E-state index in [4.69, 9.17) is 4.74 Å². The third kappa shape index (κ3) is 3.18. The van der Waals surface area contributed by atoms with Crippen LogP contribution < -0.4 is 4.74 Å². The molecule has 2 rings (SSSR count). The van der Waals surface area contributed by atoms with E-state index in [1.54, 1.807) is 17.4 Å². The van der Waals surface area contributed by atoms with Crippen molar-refractivity contribution in [1.29, 1.82) is 0 Å². The zero-order valence-corrected chi connectivity index (χ0v) is 12.6. The lowest BCUT2D eigenvalue weighted by atomic mass is 10.2. The first-order valence-electron chi connectivity index (χ1n) is 4.81. The van der Waals surface area contributed by atoms with Crippen LogP contribution in [0.4, 0.5) is 0 Å². The molecule has 1 heterocycles. The van der Waals surface area contributed by atoms with Crippen LogP contribution >= 0.6 is 43.2 Å². The summed E-state index contributed by atoms with van der Waals surface area (Å²) in [6, 6.07) is 9.36. The second-order valence-electron chi connectivity index (χ2n) is 3.27. The van der Waals surface area contributed by atoms with E-state index >= 15 is 0 Å². The van der Waals surface area contributed by atoms with E-state index in [0.29, 0.717) is 17.9 Å². The van der Waals surface area contributed by atoms with Crippen LogP contribution in [0.3, 0.4) is 0 Å². The predicted octanol–water partition coefficient (Wildman–Crippen LogP) is 4.66. The summed E-state index contributed by atoms with van der Waals surface area (Å²) in [5.74, 6) is 0.590. The highest BCUT2D eigenvalue weighted by Crippen LogP contribution is 2.30. The largest absolute Gasteiger partial charge is 0.486 e. The van der Waals surface area contributed by atoms with Crippen molar-refractivity contribution in [3.05, 3.63) is 49.0 Å². The fourth-order valence-electron chi connectivity index (χ4n) is 1.34. The number of ether oxygens (including phenoxy) is 1. The third-order valence-electron chi connectivity index (χ3n) is 2.11. The van der Waals surface area contributed by atoms with Crippen molar-refractivity contribution in [3.63, 3.8) is 0 Å². The van der Waals surface area contributed by atoms with E-state index in [9.17, 15) is 4.79 Å². The van der Waals surface area contributed by atoms with Gasteiger partial charge in [-0.25, -0.2) is 0 Å².